The van der Waals surface area contributed by atoms with Crippen molar-refractivity contribution < 1.29 is 36.6 Å². The van der Waals surface area contributed by atoms with Gasteiger partial charge in [-0.25, -0.2) is 28.5 Å². The SMILES string of the molecule is Nc1ncc(C(O)COc2cccc(C(F)(F)F)n2)c(C2CCN(C(=O)NC3=C(F)CCC=C3F)CC2)n1. The number of carbonyl (C=O) groups excluding carboxylic acids is 1. The number of nitrogens with one attached hydrogen (secondary N) is 1. The molecule has 0 bridgehead atoms. The van der Waals surface area contributed by atoms with Crippen molar-refractivity contribution in [2.75, 3.05) is 25.4 Å². The summed E-state index contributed by atoms with van der Waals surface area (Å²) in [6, 6.07) is 2.55. The molecular formula is C24H25F5N6O3. The highest BCUT2D eigenvalue weighted by Gasteiger charge is 2.33. The van der Waals surface area contributed by atoms with Crippen LogP contribution in [0.3, 0.4) is 0 Å². The van der Waals surface area contributed by atoms with Crippen molar-refractivity contribution in [3.8, 4) is 5.88 Å². The van der Waals surface area contributed by atoms with Crippen LogP contribution in [0.4, 0.5) is 32.7 Å². The Morgan fingerprint density at radius 2 is 1.97 bits per heavy atom. The molecule has 1 atom stereocenters. The summed E-state index contributed by atoms with van der Waals surface area (Å²) in [5.74, 6) is -2.13. The largest absolute Gasteiger partial charge is 0.475 e. The minimum Gasteiger partial charge on any atom is -0.475 e. The smallest absolute Gasteiger partial charge is 0.433 e. The highest BCUT2D eigenvalue weighted by Crippen LogP contribution is 2.33. The first-order valence-corrected chi connectivity index (χ1v) is 11.8. The van der Waals surface area contributed by atoms with Crippen LogP contribution in [-0.4, -0.2) is 50.7 Å². The van der Waals surface area contributed by atoms with Gasteiger partial charge in [0.05, 0.1) is 5.69 Å². The number of allylic oxidation sites excluding steroid dienone is 3. The normalized spacial score (nSPS) is 17.7. The number of piperidine rings is 1. The van der Waals surface area contributed by atoms with Crippen LogP contribution in [0.1, 0.15) is 54.7 Å². The number of likely N-dealkylation sites (tertiary alicyclic amines) is 1. The third-order valence-electron chi connectivity index (χ3n) is 6.23. The second-order valence-corrected chi connectivity index (χ2v) is 8.82. The minimum atomic E-state index is -4.64. The number of hydrogen-bond donors (Lipinski definition) is 3. The van der Waals surface area contributed by atoms with Gasteiger partial charge >= 0.3 is 12.2 Å². The minimum absolute atomic E-state index is 0.0128. The number of halogens is 5. The number of alkyl halides is 3. The number of pyridine rings is 1. The Morgan fingerprint density at radius 3 is 2.66 bits per heavy atom. The van der Waals surface area contributed by atoms with Crippen molar-refractivity contribution in [3.63, 3.8) is 0 Å². The molecule has 0 radical (unpaired) electrons. The van der Waals surface area contributed by atoms with Crippen LogP contribution in [-0.2, 0) is 6.18 Å². The molecule has 1 fully saturated rings. The lowest BCUT2D eigenvalue weighted by molar-refractivity contribution is -0.141. The highest BCUT2D eigenvalue weighted by molar-refractivity contribution is 5.77. The predicted octanol–water partition coefficient (Wildman–Crippen LogP) is 4.30. The Bertz CT molecular complexity index is 1240. The highest BCUT2D eigenvalue weighted by atomic mass is 19.4. The van der Waals surface area contributed by atoms with Gasteiger partial charge in [-0.15, -0.1) is 0 Å². The zero-order valence-electron chi connectivity index (χ0n) is 20.0. The number of aromatic nitrogens is 3. The summed E-state index contributed by atoms with van der Waals surface area (Å²) in [5.41, 5.74) is 4.87. The molecule has 2 aromatic rings. The first-order chi connectivity index (χ1) is 18.0. The van der Waals surface area contributed by atoms with Gasteiger partial charge in [0, 0.05) is 43.3 Å². The Balaban J connectivity index is 1.40. The zero-order valence-corrected chi connectivity index (χ0v) is 20.0. The molecule has 2 aromatic heterocycles. The summed E-state index contributed by atoms with van der Waals surface area (Å²) in [6.45, 7) is 0.0528. The topological polar surface area (TPSA) is 126 Å². The van der Waals surface area contributed by atoms with Crippen LogP contribution in [0.2, 0.25) is 0 Å². The third kappa shape index (κ3) is 6.36. The van der Waals surface area contributed by atoms with E-state index in [2.05, 4.69) is 20.3 Å². The van der Waals surface area contributed by atoms with Gasteiger partial charge in [-0.05, 0) is 31.4 Å². The third-order valence-corrected chi connectivity index (χ3v) is 6.23. The fourth-order valence-electron chi connectivity index (χ4n) is 4.26. The van der Waals surface area contributed by atoms with Crippen molar-refractivity contribution in [2.45, 2.75) is 43.9 Å². The summed E-state index contributed by atoms with van der Waals surface area (Å²) in [6.07, 6.45) is -2.38. The molecule has 14 heteroatoms. The lowest BCUT2D eigenvalue weighted by Crippen LogP contribution is -2.44. The van der Waals surface area contributed by atoms with Gasteiger partial charge in [0.25, 0.3) is 0 Å². The number of nitrogen functional groups attached to an aromatic ring is 1. The average Bonchev–Trinajstić information content (AvgIpc) is 2.89. The predicted molar refractivity (Wildman–Crippen MR) is 125 cm³/mol. The maximum absolute atomic E-state index is 14.0. The number of amides is 2. The summed E-state index contributed by atoms with van der Waals surface area (Å²) in [7, 11) is 0. The molecular weight excluding hydrogens is 515 g/mol. The van der Waals surface area contributed by atoms with Crippen LogP contribution >= 0.6 is 0 Å². The number of urea groups is 1. The molecule has 1 saturated heterocycles. The number of nitrogens with zero attached hydrogens (tertiary/aromatic N) is 4. The Kier molecular flexibility index (Phi) is 8.09. The van der Waals surface area contributed by atoms with Gasteiger partial charge < -0.3 is 25.8 Å². The molecule has 204 valence electrons. The van der Waals surface area contributed by atoms with Gasteiger partial charge in [-0.3, -0.25) is 0 Å². The number of aliphatic hydroxyl groups is 1. The van der Waals surface area contributed by atoms with Gasteiger partial charge in [-0.1, -0.05) is 6.07 Å². The van der Waals surface area contributed by atoms with E-state index in [0.717, 1.165) is 12.1 Å². The molecule has 4 N–H and O–H groups in total. The van der Waals surface area contributed by atoms with E-state index in [9.17, 15) is 31.9 Å². The van der Waals surface area contributed by atoms with Gasteiger partial charge in [0.2, 0.25) is 11.8 Å². The quantitative estimate of drug-likeness (QED) is 0.467. The molecule has 1 aliphatic heterocycles. The number of nitrogens with two attached hydrogens (primary N) is 1. The number of rotatable bonds is 6. The second-order valence-electron chi connectivity index (χ2n) is 8.82. The summed E-state index contributed by atoms with van der Waals surface area (Å²) >= 11 is 0. The number of hydrogen-bond acceptors (Lipinski definition) is 7. The maximum atomic E-state index is 14.0. The second kappa shape index (κ2) is 11.3. The number of anilines is 1. The lowest BCUT2D eigenvalue weighted by atomic mass is 9.89. The molecule has 3 heterocycles. The number of ether oxygens (including phenoxy) is 1. The number of carbonyl (C=O) groups is 1. The summed E-state index contributed by atoms with van der Waals surface area (Å²) in [4.78, 5) is 25.6. The van der Waals surface area contributed by atoms with Crippen molar-refractivity contribution >= 4 is 12.0 Å². The molecule has 1 unspecified atom stereocenters. The summed E-state index contributed by atoms with van der Waals surface area (Å²) < 4.78 is 71.9. The van der Waals surface area contributed by atoms with Gasteiger partial charge in [0.1, 0.15) is 35.8 Å². The Hall–Kier alpha value is -3.81. The Labute approximate surface area is 214 Å². The average molecular weight is 540 g/mol. The van der Waals surface area contributed by atoms with Crippen molar-refractivity contribution in [1.29, 1.82) is 0 Å². The van der Waals surface area contributed by atoms with Crippen LogP contribution in [0.15, 0.2) is 47.8 Å². The molecule has 2 amide bonds. The molecule has 38 heavy (non-hydrogen) atoms. The first kappa shape index (κ1) is 27.2. The molecule has 4 rings (SSSR count). The van der Waals surface area contributed by atoms with E-state index < -0.39 is 48.0 Å². The van der Waals surface area contributed by atoms with Crippen LogP contribution in [0, 0.1) is 0 Å². The summed E-state index contributed by atoms with van der Waals surface area (Å²) in [5, 5.41) is 13.0. The van der Waals surface area contributed by atoms with E-state index in [1.54, 1.807) is 0 Å². The fraction of sp³-hybridized carbons (Fsp3) is 0.417. The first-order valence-electron chi connectivity index (χ1n) is 11.8. The van der Waals surface area contributed by atoms with E-state index in [4.69, 9.17) is 10.5 Å². The van der Waals surface area contributed by atoms with Crippen molar-refractivity contribution in [1.82, 2.24) is 25.2 Å². The molecule has 0 spiro atoms. The van der Waals surface area contributed by atoms with Gasteiger partial charge in [-0.2, -0.15) is 13.2 Å². The van der Waals surface area contributed by atoms with E-state index in [-0.39, 0.29) is 49.2 Å². The van der Waals surface area contributed by atoms with Crippen LogP contribution in [0.25, 0.3) is 0 Å². The van der Waals surface area contributed by atoms with Gasteiger partial charge in [0.15, 0.2) is 0 Å². The molecule has 0 saturated carbocycles. The van der Waals surface area contributed by atoms with Crippen molar-refractivity contribution in [3.05, 3.63) is 64.8 Å². The van der Waals surface area contributed by atoms with E-state index in [0.29, 0.717) is 18.5 Å². The van der Waals surface area contributed by atoms with Crippen molar-refractivity contribution in [2.24, 2.45) is 0 Å². The monoisotopic (exact) mass is 540 g/mol. The van der Waals surface area contributed by atoms with E-state index >= 15 is 0 Å². The zero-order chi connectivity index (χ0) is 27.4. The lowest BCUT2D eigenvalue weighted by Gasteiger charge is -2.33. The number of aliphatic hydroxyl groups excluding tert-OH is 1. The van der Waals surface area contributed by atoms with E-state index in [1.807, 2.05) is 0 Å². The molecule has 2 aliphatic rings. The maximum Gasteiger partial charge on any atom is 0.433 e. The molecule has 0 aromatic carbocycles. The molecule has 9 nitrogen and oxygen atoms in total. The van der Waals surface area contributed by atoms with Crippen LogP contribution < -0.4 is 15.8 Å². The fourth-order valence-corrected chi connectivity index (χ4v) is 4.26. The Morgan fingerprint density at radius 1 is 1.24 bits per heavy atom. The van der Waals surface area contributed by atoms with Crippen LogP contribution in [0.5, 0.6) is 5.88 Å². The standard InChI is InChI=1S/C24H25F5N6O3/c25-15-3-1-4-16(26)21(15)34-23(37)35-9-7-13(8-10-35)20-14(11-31-22(30)33-20)17(36)12-38-19-6-2-5-18(32-19)24(27,28)29/h2-3,5-6,11,13,17,36H,1,4,7-10,12H2,(H,34,37)(H2,30,31,33). The molecule has 1 aliphatic carbocycles. The van der Waals surface area contributed by atoms with E-state index in [1.165, 1.54) is 23.2 Å².